The van der Waals surface area contributed by atoms with Gasteiger partial charge in [-0.2, -0.15) is 0 Å². The third-order valence-corrected chi connectivity index (χ3v) is 2.88. The Morgan fingerprint density at radius 3 is 3.29 bits per heavy atom. The maximum atomic E-state index is 11.9. The van der Waals surface area contributed by atoms with Crippen LogP contribution in [0.1, 0.15) is 5.56 Å². The Morgan fingerprint density at radius 1 is 1.71 bits per heavy atom. The van der Waals surface area contributed by atoms with E-state index in [9.17, 15) is 4.79 Å². The van der Waals surface area contributed by atoms with E-state index in [0.29, 0.717) is 6.54 Å². The number of nitrogens with zero attached hydrogens (tertiary/aromatic N) is 2. The van der Waals surface area contributed by atoms with E-state index in [0.717, 1.165) is 25.2 Å². The summed E-state index contributed by atoms with van der Waals surface area (Å²) in [6, 6.07) is 3.72. The Morgan fingerprint density at radius 2 is 2.59 bits per heavy atom. The second kappa shape index (κ2) is 5.75. The van der Waals surface area contributed by atoms with Crippen LogP contribution in [0.5, 0.6) is 0 Å². The fourth-order valence-electron chi connectivity index (χ4n) is 1.89. The molecule has 0 saturated carbocycles. The molecule has 1 saturated heterocycles. The van der Waals surface area contributed by atoms with E-state index >= 15 is 0 Å². The topological polar surface area (TPSA) is 57.3 Å². The molecule has 1 aliphatic rings. The van der Waals surface area contributed by atoms with Gasteiger partial charge in [0.2, 0.25) is 5.91 Å². The van der Waals surface area contributed by atoms with Crippen molar-refractivity contribution in [1.29, 1.82) is 0 Å². The van der Waals surface area contributed by atoms with Gasteiger partial charge >= 0.3 is 0 Å². The molecule has 0 aromatic carbocycles. The highest BCUT2D eigenvalue weighted by Gasteiger charge is 2.22. The molecule has 1 aromatic rings. The molecular weight excluding hydrogens is 216 g/mol. The molecule has 0 spiro atoms. The minimum absolute atomic E-state index is 0.0559. The Bertz CT molecular complexity index is 368. The number of hydrogen-bond acceptors (Lipinski definition) is 4. The number of carbonyl (C=O) groups excluding carboxylic acids is 1. The molecule has 92 valence electrons. The second-order valence-corrected chi connectivity index (χ2v) is 4.35. The molecule has 17 heavy (non-hydrogen) atoms. The van der Waals surface area contributed by atoms with Crippen LogP contribution in [0.25, 0.3) is 0 Å². The molecule has 1 atom stereocenters. The number of rotatable bonds is 3. The van der Waals surface area contributed by atoms with Crippen LogP contribution in [0.3, 0.4) is 0 Å². The summed E-state index contributed by atoms with van der Waals surface area (Å²) in [5.41, 5.74) is 1.02. The van der Waals surface area contributed by atoms with E-state index in [4.69, 9.17) is 0 Å². The number of aromatic nitrogens is 1. The lowest BCUT2D eigenvalue weighted by atomic mass is 10.2. The van der Waals surface area contributed by atoms with E-state index in [1.165, 1.54) is 0 Å². The van der Waals surface area contributed by atoms with Crippen LogP contribution in [0.15, 0.2) is 24.5 Å². The maximum Gasteiger partial charge on any atom is 0.238 e. The second-order valence-electron chi connectivity index (χ2n) is 4.35. The number of carbonyl (C=O) groups is 1. The zero-order valence-corrected chi connectivity index (χ0v) is 10.0. The number of nitrogens with one attached hydrogen (secondary N) is 2. The highest BCUT2D eigenvalue weighted by atomic mass is 16.2. The highest BCUT2D eigenvalue weighted by Crippen LogP contribution is 1.98. The zero-order valence-electron chi connectivity index (χ0n) is 10.0. The first kappa shape index (κ1) is 12.0. The van der Waals surface area contributed by atoms with Crippen molar-refractivity contribution in [2.24, 2.45) is 0 Å². The van der Waals surface area contributed by atoms with Crippen molar-refractivity contribution in [2.45, 2.75) is 12.6 Å². The molecule has 2 heterocycles. The molecule has 0 aliphatic carbocycles. The van der Waals surface area contributed by atoms with Crippen molar-refractivity contribution in [1.82, 2.24) is 20.5 Å². The van der Waals surface area contributed by atoms with Crippen molar-refractivity contribution < 1.29 is 4.79 Å². The molecule has 5 heteroatoms. The van der Waals surface area contributed by atoms with Crippen molar-refractivity contribution in [3.8, 4) is 0 Å². The Hall–Kier alpha value is -1.46. The van der Waals surface area contributed by atoms with E-state index in [1.54, 1.807) is 12.4 Å². The minimum atomic E-state index is -0.106. The zero-order chi connectivity index (χ0) is 12.1. The summed E-state index contributed by atoms with van der Waals surface area (Å²) >= 11 is 0. The lowest BCUT2D eigenvalue weighted by molar-refractivity contribution is -0.124. The Balaban J connectivity index is 1.81. The first-order chi connectivity index (χ1) is 8.25. The van der Waals surface area contributed by atoms with Crippen LogP contribution in [-0.2, 0) is 11.3 Å². The average molecular weight is 234 g/mol. The van der Waals surface area contributed by atoms with Gasteiger partial charge in [-0.3, -0.25) is 9.78 Å². The molecule has 0 bridgehead atoms. The SMILES string of the molecule is CN1CCNC(C(=O)NCc2cccnc2)C1. The number of amides is 1. The molecule has 2 N–H and O–H groups in total. The Labute approximate surface area is 101 Å². The third-order valence-electron chi connectivity index (χ3n) is 2.88. The molecular formula is C12H18N4O. The van der Waals surface area contributed by atoms with Gasteiger partial charge in [0.15, 0.2) is 0 Å². The first-order valence-electron chi connectivity index (χ1n) is 5.84. The largest absolute Gasteiger partial charge is 0.351 e. The van der Waals surface area contributed by atoms with E-state index in [-0.39, 0.29) is 11.9 Å². The van der Waals surface area contributed by atoms with E-state index < -0.39 is 0 Å². The van der Waals surface area contributed by atoms with Gasteiger partial charge in [0, 0.05) is 38.6 Å². The molecule has 1 fully saturated rings. The fraction of sp³-hybridized carbons (Fsp3) is 0.500. The van der Waals surface area contributed by atoms with Crippen LogP contribution >= 0.6 is 0 Å². The molecule has 0 radical (unpaired) electrons. The number of pyridine rings is 1. The summed E-state index contributed by atoms with van der Waals surface area (Å²) in [6.45, 7) is 3.15. The third kappa shape index (κ3) is 3.51. The quantitative estimate of drug-likeness (QED) is 0.747. The van der Waals surface area contributed by atoms with Crippen LogP contribution in [0.4, 0.5) is 0 Å². The van der Waals surface area contributed by atoms with Gasteiger partial charge in [-0.15, -0.1) is 0 Å². The van der Waals surface area contributed by atoms with Crippen LogP contribution < -0.4 is 10.6 Å². The molecule has 5 nitrogen and oxygen atoms in total. The molecule has 1 aromatic heterocycles. The summed E-state index contributed by atoms with van der Waals surface area (Å²) in [5, 5.41) is 6.14. The number of likely N-dealkylation sites (N-methyl/N-ethyl adjacent to an activating group) is 1. The minimum Gasteiger partial charge on any atom is -0.351 e. The molecule has 1 amide bonds. The first-order valence-corrected chi connectivity index (χ1v) is 5.84. The van der Waals surface area contributed by atoms with Gasteiger partial charge in [-0.1, -0.05) is 6.07 Å². The standard InChI is InChI=1S/C12H18N4O/c1-16-6-5-14-11(9-16)12(17)15-8-10-3-2-4-13-7-10/h2-4,7,11,14H,5-6,8-9H2,1H3,(H,15,17). The monoisotopic (exact) mass is 234 g/mol. The van der Waals surface area contributed by atoms with Gasteiger partial charge in [0.25, 0.3) is 0 Å². The normalized spacial score (nSPS) is 21.1. The van der Waals surface area contributed by atoms with E-state index in [1.807, 2.05) is 19.2 Å². The summed E-state index contributed by atoms with van der Waals surface area (Å²) < 4.78 is 0. The van der Waals surface area contributed by atoms with Crippen molar-refractivity contribution in [2.75, 3.05) is 26.7 Å². The predicted molar refractivity (Wildman–Crippen MR) is 65.4 cm³/mol. The maximum absolute atomic E-state index is 11.9. The van der Waals surface area contributed by atoms with Crippen molar-refractivity contribution in [3.63, 3.8) is 0 Å². The number of hydrogen-bond donors (Lipinski definition) is 2. The number of piperazine rings is 1. The highest BCUT2D eigenvalue weighted by molar-refractivity contribution is 5.82. The lowest BCUT2D eigenvalue weighted by Gasteiger charge is -2.29. The van der Waals surface area contributed by atoms with Gasteiger partial charge in [0.05, 0.1) is 6.04 Å². The average Bonchev–Trinajstić information content (AvgIpc) is 2.37. The van der Waals surface area contributed by atoms with Crippen LogP contribution in [-0.4, -0.2) is 48.5 Å². The molecule has 1 unspecified atom stereocenters. The van der Waals surface area contributed by atoms with Gasteiger partial charge in [-0.25, -0.2) is 0 Å². The van der Waals surface area contributed by atoms with Gasteiger partial charge in [0.1, 0.15) is 0 Å². The van der Waals surface area contributed by atoms with Gasteiger partial charge < -0.3 is 15.5 Å². The lowest BCUT2D eigenvalue weighted by Crippen LogP contribution is -2.55. The summed E-state index contributed by atoms with van der Waals surface area (Å²) in [5.74, 6) is 0.0559. The summed E-state index contributed by atoms with van der Waals surface area (Å²) in [4.78, 5) is 18.1. The predicted octanol–water partition coefficient (Wildman–Crippen LogP) is -0.399. The molecule has 2 rings (SSSR count). The fourth-order valence-corrected chi connectivity index (χ4v) is 1.89. The summed E-state index contributed by atoms with van der Waals surface area (Å²) in [7, 11) is 2.03. The van der Waals surface area contributed by atoms with Crippen LogP contribution in [0, 0.1) is 0 Å². The molecule has 1 aliphatic heterocycles. The van der Waals surface area contributed by atoms with E-state index in [2.05, 4.69) is 20.5 Å². The van der Waals surface area contributed by atoms with Crippen molar-refractivity contribution >= 4 is 5.91 Å². The summed E-state index contributed by atoms with van der Waals surface area (Å²) in [6.07, 6.45) is 3.49. The van der Waals surface area contributed by atoms with Crippen molar-refractivity contribution in [3.05, 3.63) is 30.1 Å². The van der Waals surface area contributed by atoms with Crippen LogP contribution in [0.2, 0.25) is 0 Å². The Kier molecular flexibility index (Phi) is 4.06. The smallest absolute Gasteiger partial charge is 0.238 e. The van der Waals surface area contributed by atoms with Gasteiger partial charge in [-0.05, 0) is 18.7 Å².